The van der Waals surface area contributed by atoms with Crippen LogP contribution < -0.4 is 10.2 Å². The minimum atomic E-state index is -1.15. The third kappa shape index (κ3) is 3.33. The van der Waals surface area contributed by atoms with Crippen molar-refractivity contribution in [1.82, 2.24) is 4.98 Å². The molecule has 0 saturated heterocycles. The topological polar surface area (TPSA) is 82.5 Å². The first-order valence-electron chi connectivity index (χ1n) is 5.96. The van der Waals surface area contributed by atoms with Gasteiger partial charge in [0.1, 0.15) is 5.82 Å². The van der Waals surface area contributed by atoms with Gasteiger partial charge in [0.15, 0.2) is 0 Å². The fourth-order valence-corrected chi connectivity index (χ4v) is 1.67. The highest BCUT2D eigenvalue weighted by atomic mass is 19.1. The Morgan fingerprint density at radius 3 is 2.67 bits per heavy atom. The van der Waals surface area contributed by atoms with Gasteiger partial charge in [0.05, 0.1) is 23.1 Å². The van der Waals surface area contributed by atoms with Gasteiger partial charge >= 0.3 is 12.0 Å². The second kappa shape index (κ2) is 6.00. The second-order valence-electron chi connectivity index (χ2n) is 4.21. The van der Waals surface area contributed by atoms with Crippen LogP contribution in [0.3, 0.4) is 0 Å². The normalized spacial score (nSPS) is 10.0. The first kappa shape index (κ1) is 14.4. The number of nitrogens with one attached hydrogen (secondary N) is 1. The van der Waals surface area contributed by atoms with Crippen LogP contribution in [-0.4, -0.2) is 29.1 Å². The number of urea groups is 1. The maximum Gasteiger partial charge on any atom is 0.337 e. The molecule has 1 heterocycles. The van der Waals surface area contributed by atoms with Crippen LogP contribution >= 0.6 is 0 Å². The smallest absolute Gasteiger partial charge is 0.337 e. The number of benzene rings is 1. The third-order valence-electron chi connectivity index (χ3n) is 2.75. The molecule has 108 valence electrons. The summed E-state index contributed by atoms with van der Waals surface area (Å²) in [5.41, 5.74) is 0.266. The van der Waals surface area contributed by atoms with E-state index in [1.54, 1.807) is 6.07 Å². The van der Waals surface area contributed by atoms with Crippen LogP contribution in [0.5, 0.6) is 0 Å². The van der Waals surface area contributed by atoms with Crippen molar-refractivity contribution in [3.05, 3.63) is 54.1 Å². The predicted octanol–water partition coefficient (Wildman–Crippen LogP) is 2.59. The van der Waals surface area contributed by atoms with Gasteiger partial charge < -0.3 is 10.4 Å². The van der Waals surface area contributed by atoms with Gasteiger partial charge in [0.25, 0.3) is 0 Å². The molecule has 2 aromatic rings. The molecule has 0 radical (unpaired) electrons. The molecular weight excluding hydrogens is 277 g/mol. The van der Waals surface area contributed by atoms with E-state index in [2.05, 4.69) is 10.3 Å². The van der Waals surface area contributed by atoms with E-state index in [1.807, 2.05) is 0 Å². The van der Waals surface area contributed by atoms with E-state index in [1.165, 1.54) is 43.7 Å². The molecule has 2 rings (SSSR count). The van der Waals surface area contributed by atoms with Crippen molar-refractivity contribution >= 4 is 23.4 Å². The van der Waals surface area contributed by atoms with Crippen molar-refractivity contribution in [3.63, 3.8) is 0 Å². The Morgan fingerprint density at radius 1 is 1.29 bits per heavy atom. The lowest BCUT2D eigenvalue weighted by Gasteiger charge is -2.18. The molecule has 6 nitrogen and oxygen atoms in total. The quantitative estimate of drug-likeness (QED) is 0.909. The van der Waals surface area contributed by atoms with E-state index in [4.69, 9.17) is 5.11 Å². The van der Waals surface area contributed by atoms with E-state index in [0.717, 1.165) is 4.90 Å². The summed E-state index contributed by atoms with van der Waals surface area (Å²) >= 11 is 0. The minimum absolute atomic E-state index is 0.0543. The van der Waals surface area contributed by atoms with Gasteiger partial charge in [-0.3, -0.25) is 9.88 Å². The molecule has 0 bridgehead atoms. The standard InChI is InChI=1S/C14H12FN3O3/c1-18(12-5-3-2-4-11(12)15)14(21)17-10-6-9(13(19)20)7-16-8-10/h2-8H,1H3,(H,17,21)(H,19,20). The fraction of sp³-hybridized carbons (Fsp3) is 0.0714. The van der Waals surface area contributed by atoms with Gasteiger partial charge in [-0.05, 0) is 18.2 Å². The minimum Gasteiger partial charge on any atom is -0.478 e. The van der Waals surface area contributed by atoms with Crippen LogP contribution in [0.4, 0.5) is 20.6 Å². The molecular formula is C14H12FN3O3. The Hall–Kier alpha value is -2.96. The highest BCUT2D eigenvalue weighted by Gasteiger charge is 2.15. The third-order valence-corrected chi connectivity index (χ3v) is 2.75. The lowest BCUT2D eigenvalue weighted by Crippen LogP contribution is -2.31. The van der Waals surface area contributed by atoms with Crippen LogP contribution in [0.25, 0.3) is 0 Å². The molecule has 0 atom stereocenters. The number of halogens is 1. The molecule has 7 heteroatoms. The van der Waals surface area contributed by atoms with E-state index >= 15 is 0 Å². The van der Waals surface area contributed by atoms with E-state index < -0.39 is 17.8 Å². The van der Waals surface area contributed by atoms with Gasteiger partial charge in [-0.2, -0.15) is 0 Å². The summed E-state index contributed by atoms with van der Waals surface area (Å²) in [4.78, 5) is 27.7. The zero-order valence-corrected chi connectivity index (χ0v) is 11.1. The molecule has 0 fully saturated rings. The average molecular weight is 289 g/mol. The number of carbonyl (C=O) groups excluding carboxylic acids is 1. The number of carboxylic acids is 1. The molecule has 2 amide bonds. The molecule has 1 aromatic heterocycles. The number of nitrogens with zero attached hydrogens (tertiary/aromatic N) is 2. The Labute approximate surface area is 119 Å². The van der Waals surface area contributed by atoms with Gasteiger partial charge in [0.2, 0.25) is 0 Å². The monoisotopic (exact) mass is 289 g/mol. The van der Waals surface area contributed by atoms with Crippen molar-refractivity contribution in [2.45, 2.75) is 0 Å². The van der Waals surface area contributed by atoms with Crippen molar-refractivity contribution in [1.29, 1.82) is 0 Å². The number of rotatable bonds is 3. The van der Waals surface area contributed by atoms with Crippen molar-refractivity contribution < 1.29 is 19.1 Å². The lowest BCUT2D eigenvalue weighted by atomic mass is 10.2. The number of amides is 2. The highest BCUT2D eigenvalue weighted by molar-refractivity contribution is 6.01. The molecule has 0 saturated carbocycles. The Morgan fingerprint density at radius 2 is 2.00 bits per heavy atom. The SMILES string of the molecule is CN(C(=O)Nc1cncc(C(=O)O)c1)c1ccccc1F. The number of anilines is 2. The molecule has 21 heavy (non-hydrogen) atoms. The summed E-state index contributed by atoms with van der Waals surface area (Å²) in [7, 11) is 1.40. The number of aromatic carboxylic acids is 1. The zero-order chi connectivity index (χ0) is 15.4. The van der Waals surface area contributed by atoms with Crippen molar-refractivity contribution in [2.24, 2.45) is 0 Å². The highest BCUT2D eigenvalue weighted by Crippen LogP contribution is 2.18. The Balaban J connectivity index is 2.16. The Bertz CT molecular complexity index is 691. The van der Waals surface area contributed by atoms with Crippen LogP contribution in [0, 0.1) is 5.82 Å². The maximum absolute atomic E-state index is 13.6. The van der Waals surface area contributed by atoms with Gasteiger partial charge in [0, 0.05) is 13.2 Å². The molecule has 0 aliphatic heterocycles. The Kier molecular flexibility index (Phi) is 4.13. The molecule has 1 aromatic carbocycles. The number of aromatic nitrogens is 1. The van der Waals surface area contributed by atoms with E-state index in [9.17, 15) is 14.0 Å². The van der Waals surface area contributed by atoms with Crippen LogP contribution in [0.2, 0.25) is 0 Å². The van der Waals surface area contributed by atoms with Crippen molar-refractivity contribution in [3.8, 4) is 0 Å². The number of carboxylic acid groups (broad SMARTS) is 1. The van der Waals surface area contributed by atoms with Crippen LogP contribution in [0.15, 0.2) is 42.7 Å². The van der Waals surface area contributed by atoms with Gasteiger partial charge in [-0.25, -0.2) is 14.0 Å². The van der Waals surface area contributed by atoms with E-state index in [-0.39, 0.29) is 16.9 Å². The maximum atomic E-state index is 13.6. The van der Waals surface area contributed by atoms with Gasteiger partial charge in [-0.15, -0.1) is 0 Å². The predicted molar refractivity (Wildman–Crippen MR) is 75.0 cm³/mol. The number of pyridine rings is 1. The summed E-state index contributed by atoms with van der Waals surface area (Å²) in [5.74, 6) is -1.69. The van der Waals surface area contributed by atoms with E-state index in [0.29, 0.717) is 0 Å². The molecule has 0 aliphatic rings. The van der Waals surface area contributed by atoms with Gasteiger partial charge in [-0.1, -0.05) is 12.1 Å². The lowest BCUT2D eigenvalue weighted by molar-refractivity contribution is 0.0696. The molecule has 0 unspecified atom stereocenters. The zero-order valence-electron chi connectivity index (χ0n) is 11.1. The summed E-state index contributed by atoms with van der Waals surface area (Å²) in [5, 5.41) is 11.3. The first-order chi connectivity index (χ1) is 9.99. The number of para-hydroxylation sites is 1. The average Bonchev–Trinajstić information content (AvgIpc) is 2.47. The molecule has 2 N–H and O–H groups in total. The van der Waals surface area contributed by atoms with Crippen LogP contribution in [-0.2, 0) is 0 Å². The first-order valence-corrected chi connectivity index (χ1v) is 5.96. The summed E-state index contributed by atoms with van der Waals surface area (Å²) < 4.78 is 13.6. The number of carbonyl (C=O) groups is 2. The number of hydrogen-bond donors (Lipinski definition) is 2. The summed E-state index contributed by atoms with van der Waals surface area (Å²) in [6, 6.07) is 6.48. The summed E-state index contributed by atoms with van der Waals surface area (Å²) in [6.07, 6.45) is 2.47. The number of hydrogen-bond acceptors (Lipinski definition) is 3. The molecule has 0 aliphatic carbocycles. The molecule has 0 spiro atoms. The second-order valence-corrected chi connectivity index (χ2v) is 4.21. The fourth-order valence-electron chi connectivity index (χ4n) is 1.67. The van der Waals surface area contributed by atoms with Crippen molar-refractivity contribution in [2.75, 3.05) is 17.3 Å². The summed E-state index contributed by atoms with van der Waals surface area (Å²) in [6.45, 7) is 0. The largest absolute Gasteiger partial charge is 0.478 e. The van der Waals surface area contributed by atoms with Crippen LogP contribution in [0.1, 0.15) is 10.4 Å².